The molecule has 1 amide bonds. The van der Waals surface area contributed by atoms with Gasteiger partial charge in [-0.05, 0) is 61.7 Å². The molecule has 0 fully saturated rings. The monoisotopic (exact) mass is 467 g/mol. The number of benzene rings is 2. The number of nitrogens with one attached hydrogen (secondary N) is 1. The normalized spacial score (nSPS) is 11.0. The van der Waals surface area contributed by atoms with Gasteiger partial charge in [0, 0.05) is 5.38 Å². The van der Waals surface area contributed by atoms with Crippen LogP contribution in [0.25, 0.3) is 6.08 Å². The van der Waals surface area contributed by atoms with Gasteiger partial charge in [0.2, 0.25) is 0 Å². The molecule has 0 bridgehead atoms. The fraction of sp³-hybridized carbons (Fsp3) is 0.208. The van der Waals surface area contributed by atoms with Crippen LogP contribution in [0.3, 0.4) is 0 Å². The minimum atomic E-state index is -0.526. The molecular formula is C24H22ClN3O3S. The van der Waals surface area contributed by atoms with Crippen LogP contribution in [0.5, 0.6) is 11.5 Å². The second-order valence-corrected chi connectivity index (χ2v) is 8.34. The summed E-state index contributed by atoms with van der Waals surface area (Å²) in [6.07, 6.45) is 1.47. The third kappa shape index (κ3) is 6.33. The Hall–Kier alpha value is -3.34. The number of nitrogens with zero attached hydrogens (tertiary/aromatic N) is 2. The average molecular weight is 468 g/mol. The molecule has 3 aromatic rings. The minimum Gasteiger partial charge on any atom is -0.490 e. The summed E-state index contributed by atoms with van der Waals surface area (Å²) in [4.78, 5) is 16.5. The summed E-state index contributed by atoms with van der Waals surface area (Å²) in [6.45, 7) is 6.53. The largest absolute Gasteiger partial charge is 0.490 e. The Morgan fingerprint density at radius 3 is 2.56 bits per heavy atom. The van der Waals surface area contributed by atoms with Crippen molar-refractivity contribution in [1.29, 1.82) is 5.26 Å². The molecule has 0 saturated carbocycles. The van der Waals surface area contributed by atoms with E-state index in [4.69, 9.17) is 21.1 Å². The van der Waals surface area contributed by atoms with E-state index in [2.05, 4.69) is 10.3 Å². The SMILES string of the molecule is Cc1ccc(C)c(OCCOc2ccc(C=C(C#N)C(=O)Nc3nc(C)cs3)cc2Cl)c1. The molecule has 0 saturated heterocycles. The van der Waals surface area contributed by atoms with Crippen LogP contribution in [0.1, 0.15) is 22.4 Å². The summed E-state index contributed by atoms with van der Waals surface area (Å²) >= 11 is 7.62. The Balaban J connectivity index is 1.59. The number of hydrogen-bond donors (Lipinski definition) is 1. The predicted molar refractivity (Wildman–Crippen MR) is 127 cm³/mol. The van der Waals surface area contributed by atoms with Crippen LogP contribution in [-0.2, 0) is 4.79 Å². The third-order valence-electron chi connectivity index (χ3n) is 4.41. The first-order valence-corrected chi connectivity index (χ1v) is 11.1. The molecule has 0 unspecified atom stereocenters. The summed E-state index contributed by atoms with van der Waals surface area (Å²) in [6, 6.07) is 13.0. The second kappa shape index (κ2) is 10.8. The molecule has 0 aliphatic heterocycles. The van der Waals surface area contributed by atoms with Crippen molar-refractivity contribution in [3.8, 4) is 17.6 Å². The lowest BCUT2D eigenvalue weighted by Gasteiger charge is -2.12. The van der Waals surface area contributed by atoms with Gasteiger partial charge in [0.25, 0.3) is 5.91 Å². The van der Waals surface area contributed by atoms with Crippen LogP contribution in [0, 0.1) is 32.1 Å². The fourth-order valence-electron chi connectivity index (χ4n) is 2.78. The van der Waals surface area contributed by atoms with Crippen molar-refractivity contribution in [1.82, 2.24) is 4.98 Å². The lowest BCUT2D eigenvalue weighted by molar-refractivity contribution is -0.112. The highest BCUT2D eigenvalue weighted by molar-refractivity contribution is 7.13. The van der Waals surface area contributed by atoms with Crippen LogP contribution in [0.4, 0.5) is 5.13 Å². The minimum absolute atomic E-state index is 0.0514. The lowest BCUT2D eigenvalue weighted by Crippen LogP contribution is -2.13. The Kier molecular flexibility index (Phi) is 7.87. The molecule has 0 aliphatic rings. The van der Waals surface area contributed by atoms with Crippen molar-refractivity contribution in [2.75, 3.05) is 18.5 Å². The number of aromatic nitrogens is 1. The number of nitriles is 1. The van der Waals surface area contributed by atoms with Gasteiger partial charge in [0.05, 0.1) is 10.7 Å². The van der Waals surface area contributed by atoms with Crippen LogP contribution < -0.4 is 14.8 Å². The van der Waals surface area contributed by atoms with E-state index in [0.717, 1.165) is 22.6 Å². The number of carbonyl (C=O) groups excluding carboxylic acids is 1. The maximum Gasteiger partial charge on any atom is 0.268 e. The van der Waals surface area contributed by atoms with E-state index in [9.17, 15) is 10.1 Å². The Morgan fingerprint density at radius 2 is 1.91 bits per heavy atom. The molecule has 6 nitrogen and oxygen atoms in total. The van der Waals surface area contributed by atoms with Crippen molar-refractivity contribution in [3.63, 3.8) is 0 Å². The van der Waals surface area contributed by atoms with E-state index >= 15 is 0 Å². The molecule has 3 rings (SSSR count). The summed E-state index contributed by atoms with van der Waals surface area (Å²) in [5.74, 6) is 0.798. The van der Waals surface area contributed by atoms with Crippen molar-refractivity contribution in [2.45, 2.75) is 20.8 Å². The summed E-state index contributed by atoms with van der Waals surface area (Å²) < 4.78 is 11.5. The van der Waals surface area contributed by atoms with Gasteiger partial charge in [-0.15, -0.1) is 11.3 Å². The van der Waals surface area contributed by atoms with Gasteiger partial charge in [-0.2, -0.15) is 5.26 Å². The number of hydrogen-bond acceptors (Lipinski definition) is 6. The van der Waals surface area contributed by atoms with E-state index in [1.54, 1.807) is 18.2 Å². The van der Waals surface area contributed by atoms with Crippen molar-refractivity contribution in [2.24, 2.45) is 0 Å². The van der Waals surface area contributed by atoms with Gasteiger partial charge in [-0.3, -0.25) is 10.1 Å². The molecule has 164 valence electrons. The van der Waals surface area contributed by atoms with E-state index < -0.39 is 5.91 Å². The summed E-state index contributed by atoms with van der Waals surface area (Å²) in [7, 11) is 0. The van der Waals surface area contributed by atoms with Crippen LogP contribution in [0.15, 0.2) is 47.4 Å². The van der Waals surface area contributed by atoms with Crippen LogP contribution in [0.2, 0.25) is 5.02 Å². The number of ether oxygens (including phenoxy) is 2. The summed E-state index contributed by atoms with van der Waals surface area (Å²) in [5, 5.41) is 14.6. The summed E-state index contributed by atoms with van der Waals surface area (Å²) in [5.41, 5.74) is 3.55. The fourth-order valence-corrected chi connectivity index (χ4v) is 3.71. The number of thiazole rings is 1. The first kappa shape index (κ1) is 23.3. The van der Waals surface area contributed by atoms with E-state index in [1.165, 1.54) is 17.4 Å². The first-order valence-electron chi connectivity index (χ1n) is 9.83. The lowest BCUT2D eigenvalue weighted by atomic mass is 10.1. The van der Waals surface area contributed by atoms with Gasteiger partial charge in [0.1, 0.15) is 36.4 Å². The first-order chi connectivity index (χ1) is 15.4. The molecule has 0 aliphatic carbocycles. The zero-order valence-corrected chi connectivity index (χ0v) is 19.5. The molecule has 2 aromatic carbocycles. The van der Waals surface area contributed by atoms with E-state index in [1.807, 2.05) is 50.4 Å². The highest BCUT2D eigenvalue weighted by Gasteiger charge is 2.12. The molecule has 0 atom stereocenters. The smallest absolute Gasteiger partial charge is 0.268 e. The number of amides is 1. The molecule has 1 N–H and O–H groups in total. The quantitative estimate of drug-likeness (QED) is 0.260. The zero-order valence-electron chi connectivity index (χ0n) is 17.9. The Bertz CT molecular complexity index is 1200. The van der Waals surface area contributed by atoms with Gasteiger partial charge >= 0.3 is 0 Å². The molecule has 1 heterocycles. The molecular weight excluding hydrogens is 446 g/mol. The molecule has 8 heteroatoms. The Morgan fingerprint density at radius 1 is 1.16 bits per heavy atom. The average Bonchev–Trinajstić information content (AvgIpc) is 3.17. The highest BCUT2D eigenvalue weighted by atomic mass is 35.5. The highest BCUT2D eigenvalue weighted by Crippen LogP contribution is 2.27. The molecule has 1 aromatic heterocycles. The number of carbonyl (C=O) groups is 1. The van der Waals surface area contributed by atoms with Gasteiger partial charge in [-0.1, -0.05) is 29.8 Å². The van der Waals surface area contributed by atoms with Crippen LogP contribution in [-0.4, -0.2) is 24.1 Å². The molecule has 0 radical (unpaired) electrons. The number of anilines is 1. The number of aryl methyl sites for hydroxylation is 3. The topological polar surface area (TPSA) is 84.2 Å². The van der Waals surface area contributed by atoms with Crippen molar-refractivity contribution >= 4 is 40.1 Å². The van der Waals surface area contributed by atoms with Gasteiger partial charge in [0.15, 0.2) is 5.13 Å². The van der Waals surface area contributed by atoms with Crippen molar-refractivity contribution < 1.29 is 14.3 Å². The third-order valence-corrected chi connectivity index (χ3v) is 5.58. The molecule has 0 spiro atoms. The van der Waals surface area contributed by atoms with Gasteiger partial charge in [-0.25, -0.2) is 4.98 Å². The maximum atomic E-state index is 12.3. The standard InChI is InChI=1S/C24H22ClN3O3S/c1-15-4-5-16(2)22(10-15)31-9-8-30-21-7-6-18(12-20(21)25)11-19(13-26)23(29)28-24-27-17(3)14-32-24/h4-7,10-12,14H,8-9H2,1-3H3,(H,27,28,29). The number of halogens is 1. The zero-order chi connectivity index (χ0) is 23.1. The van der Waals surface area contributed by atoms with E-state index in [-0.39, 0.29) is 5.57 Å². The number of rotatable bonds is 8. The second-order valence-electron chi connectivity index (χ2n) is 7.07. The maximum absolute atomic E-state index is 12.3. The van der Waals surface area contributed by atoms with Crippen molar-refractivity contribution in [3.05, 3.63) is 74.8 Å². The predicted octanol–water partition coefficient (Wildman–Crippen LogP) is 5.73. The van der Waals surface area contributed by atoms with Crippen LogP contribution >= 0.6 is 22.9 Å². The van der Waals surface area contributed by atoms with E-state index in [0.29, 0.717) is 34.7 Å². The Labute approximate surface area is 196 Å². The van der Waals surface area contributed by atoms with Gasteiger partial charge < -0.3 is 9.47 Å². The molecule has 32 heavy (non-hydrogen) atoms.